The molecule has 1 aromatic heterocycles. The maximum atomic E-state index is 13.2. The van der Waals surface area contributed by atoms with Crippen LogP contribution in [0.3, 0.4) is 0 Å². The van der Waals surface area contributed by atoms with Crippen molar-refractivity contribution in [3.63, 3.8) is 0 Å². The van der Waals surface area contributed by atoms with Crippen molar-refractivity contribution in [3.05, 3.63) is 98.6 Å². The minimum absolute atomic E-state index is 0.0604. The van der Waals surface area contributed by atoms with Crippen LogP contribution in [0, 0.1) is 5.82 Å². The first-order chi connectivity index (χ1) is 15.1. The molecule has 31 heavy (non-hydrogen) atoms. The van der Waals surface area contributed by atoms with E-state index in [1.807, 2.05) is 30.3 Å². The standard InChI is InChI=1S/C25H19BrFNO3/c26-18-5-3-17(4-6-18)22-14-30-25-20(24(22)29)9-10-23-21(25)13-28(15-31-23)12-11-16-1-7-19(27)8-2-16/h1-10,14H,11-13,15H2. The molecule has 0 fully saturated rings. The minimum atomic E-state index is -0.233. The summed E-state index contributed by atoms with van der Waals surface area (Å²) in [5.74, 6) is 0.507. The zero-order chi connectivity index (χ0) is 21.4. The fourth-order valence-electron chi connectivity index (χ4n) is 3.87. The van der Waals surface area contributed by atoms with E-state index in [1.54, 1.807) is 18.2 Å². The van der Waals surface area contributed by atoms with Crippen LogP contribution in [0.15, 0.2) is 80.6 Å². The molecular weight excluding hydrogens is 461 g/mol. The van der Waals surface area contributed by atoms with E-state index in [0.717, 1.165) is 39.9 Å². The molecular formula is C25H19BrFNO3. The Labute approximate surface area is 187 Å². The molecule has 6 heteroatoms. The Morgan fingerprint density at radius 1 is 1.00 bits per heavy atom. The van der Waals surface area contributed by atoms with E-state index in [4.69, 9.17) is 9.15 Å². The minimum Gasteiger partial charge on any atom is -0.478 e. The van der Waals surface area contributed by atoms with E-state index in [2.05, 4.69) is 20.8 Å². The summed E-state index contributed by atoms with van der Waals surface area (Å²) < 4.78 is 26.0. The van der Waals surface area contributed by atoms with Gasteiger partial charge in [0.15, 0.2) is 0 Å². The molecule has 0 saturated heterocycles. The van der Waals surface area contributed by atoms with Crippen LogP contribution in [-0.4, -0.2) is 18.2 Å². The van der Waals surface area contributed by atoms with Crippen LogP contribution in [-0.2, 0) is 13.0 Å². The van der Waals surface area contributed by atoms with E-state index >= 15 is 0 Å². The topological polar surface area (TPSA) is 42.7 Å². The Kier molecular flexibility index (Phi) is 5.34. The molecule has 0 bridgehead atoms. The molecule has 0 N–H and O–H groups in total. The van der Waals surface area contributed by atoms with Crippen LogP contribution in [0.1, 0.15) is 11.1 Å². The molecule has 1 aliphatic heterocycles. The summed E-state index contributed by atoms with van der Waals surface area (Å²) in [5, 5.41) is 0.545. The van der Waals surface area contributed by atoms with Crippen LogP contribution >= 0.6 is 15.9 Å². The second-order valence-corrected chi connectivity index (χ2v) is 8.52. The van der Waals surface area contributed by atoms with Gasteiger partial charge in [-0.15, -0.1) is 0 Å². The predicted octanol–water partition coefficient (Wildman–Crippen LogP) is 5.76. The average Bonchev–Trinajstić information content (AvgIpc) is 2.79. The third kappa shape index (κ3) is 4.01. The van der Waals surface area contributed by atoms with Gasteiger partial charge in [-0.05, 0) is 53.9 Å². The summed E-state index contributed by atoms with van der Waals surface area (Å²) >= 11 is 3.42. The van der Waals surface area contributed by atoms with Gasteiger partial charge in [0.2, 0.25) is 5.43 Å². The highest BCUT2D eigenvalue weighted by molar-refractivity contribution is 9.10. The van der Waals surface area contributed by atoms with Gasteiger partial charge in [-0.3, -0.25) is 9.69 Å². The van der Waals surface area contributed by atoms with Gasteiger partial charge in [-0.1, -0.05) is 40.2 Å². The van der Waals surface area contributed by atoms with Crippen LogP contribution in [0.2, 0.25) is 0 Å². The summed E-state index contributed by atoms with van der Waals surface area (Å²) in [6.45, 7) is 1.83. The number of benzene rings is 3. The van der Waals surface area contributed by atoms with Gasteiger partial charge in [0.1, 0.15) is 30.1 Å². The molecule has 4 nitrogen and oxygen atoms in total. The van der Waals surface area contributed by atoms with Crippen LogP contribution < -0.4 is 10.2 Å². The lowest BCUT2D eigenvalue weighted by Gasteiger charge is -2.29. The highest BCUT2D eigenvalue weighted by Crippen LogP contribution is 2.32. The highest BCUT2D eigenvalue weighted by atomic mass is 79.9. The Bertz CT molecular complexity index is 1300. The second kappa shape index (κ2) is 8.29. The lowest BCUT2D eigenvalue weighted by Crippen LogP contribution is -2.33. The molecule has 0 unspecified atom stereocenters. The van der Waals surface area contributed by atoms with E-state index in [0.29, 0.717) is 29.8 Å². The van der Waals surface area contributed by atoms with Crippen molar-refractivity contribution >= 4 is 26.9 Å². The Morgan fingerprint density at radius 3 is 2.55 bits per heavy atom. The molecule has 0 radical (unpaired) electrons. The highest BCUT2D eigenvalue weighted by Gasteiger charge is 2.22. The van der Waals surface area contributed by atoms with Crippen molar-refractivity contribution < 1.29 is 13.5 Å². The zero-order valence-electron chi connectivity index (χ0n) is 16.6. The number of hydrogen-bond acceptors (Lipinski definition) is 4. The van der Waals surface area contributed by atoms with Gasteiger partial charge in [0, 0.05) is 17.6 Å². The van der Waals surface area contributed by atoms with Gasteiger partial charge in [-0.25, -0.2) is 4.39 Å². The van der Waals surface area contributed by atoms with Crippen LogP contribution in [0.5, 0.6) is 5.75 Å². The van der Waals surface area contributed by atoms with Crippen molar-refractivity contribution in [2.45, 2.75) is 13.0 Å². The molecule has 156 valence electrons. The van der Waals surface area contributed by atoms with E-state index in [-0.39, 0.29) is 11.2 Å². The molecule has 0 saturated carbocycles. The van der Waals surface area contributed by atoms with Crippen molar-refractivity contribution in [2.75, 3.05) is 13.3 Å². The Morgan fingerprint density at radius 2 is 1.77 bits per heavy atom. The summed E-state index contributed by atoms with van der Waals surface area (Å²) in [5.41, 5.74) is 3.79. The van der Waals surface area contributed by atoms with Gasteiger partial charge in [0.05, 0.1) is 16.5 Å². The first kappa shape index (κ1) is 20.0. The summed E-state index contributed by atoms with van der Waals surface area (Å²) in [7, 11) is 0. The monoisotopic (exact) mass is 479 g/mol. The Hall–Kier alpha value is -2.96. The maximum Gasteiger partial charge on any atom is 0.200 e. The van der Waals surface area contributed by atoms with E-state index < -0.39 is 0 Å². The fourth-order valence-corrected chi connectivity index (χ4v) is 4.13. The quantitative estimate of drug-likeness (QED) is 0.373. The lowest BCUT2D eigenvalue weighted by molar-refractivity contribution is 0.0968. The summed E-state index contributed by atoms with van der Waals surface area (Å²) in [4.78, 5) is 15.3. The number of halogens is 2. The molecule has 0 atom stereocenters. The van der Waals surface area contributed by atoms with Crippen LogP contribution in [0.25, 0.3) is 22.1 Å². The largest absolute Gasteiger partial charge is 0.478 e. The molecule has 0 amide bonds. The summed E-state index contributed by atoms with van der Waals surface area (Å²) in [6.07, 6.45) is 2.31. The molecule has 1 aliphatic rings. The lowest BCUT2D eigenvalue weighted by atomic mass is 10.0. The van der Waals surface area contributed by atoms with E-state index in [1.165, 1.54) is 18.4 Å². The fraction of sp³-hybridized carbons (Fsp3) is 0.160. The average molecular weight is 480 g/mol. The molecule has 3 aromatic carbocycles. The third-order valence-corrected chi connectivity index (χ3v) is 6.10. The smallest absolute Gasteiger partial charge is 0.200 e. The second-order valence-electron chi connectivity index (χ2n) is 7.61. The van der Waals surface area contributed by atoms with Crippen molar-refractivity contribution in [1.29, 1.82) is 0 Å². The maximum absolute atomic E-state index is 13.2. The third-order valence-electron chi connectivity index (χ3n) is 5.57. The number of hydrogen-bond donors (Lipinski definition) is 0. The first-order valence-electron chi connectivity index (χ1n) is 10.0. The SMILES string of the molecule is O=c1c(-c2ccc(Br)cc2)coc2c3c(ccc12)OCN(CCc1ccc(F)cc1)C3. The molecule has 2 heterocycles. The van der Waals surface area contributed by atoms with Gasteiger partial charge in [0.25, 0.3) is 0 Å². The number of ether oxygens (including phenoxy) is 1. The summed E-state index contributed by atoms with van der Waals surface area (Å²) in [6, 6.07) is 17.7. The van der Waals surface area contributed by atoms with Crippen molar-refractivity contribution in [2.24, 2.45) is 0 Å². The van der Waals surface area contributed by atoms with Crippen LogP contribution in [0.4, 0.5) is 4.39 Å². The number of fused-ring (bicyclic) bond motifs is 3. The van der Waals surface area contributed by atoms with Gasteiger partial charge >= 0.3 is 0 Å². The van der Waals surface area contributed by atoms with E-state index in [9.17, 15) is 9.18 Å². The Balaban J connectivity index is 1.43. The van der Waals surface area contributed by atoms with Gasteiger partial charge in [-0.2, -0.15) is 0 Å². The van der Waals surface area contributed by atoms with Crippen molar-refractivity contribution in [3.8, 4) is 16.9 Å². The normalized spacial score (nSPS) is 13.7. The number of rotatable bonds is 4. The van der Waals surface area contributed by atoms with Gasteiger partial charge < -0.3 is 9.15 Å². The zero-order valence-corrected chi connectivity index (χ0v) is 18.2. The van der Waals surface area contributed by atoms with Crippen molar-refractivity contribution in [1.82, 2.24) is 4.90 Å². The molecule has 0 spiro atoms. The molecule has 5 rings (SSSR count). The first-order valence-corrected chi connectivity index (χ1v) is 10.8. The predicted molar refractivity (Wildman–Crippen MR) is 122 cm³/mol. The molecule has 4 aromatic rings. The number of nitrogens with zero attached hydrogens (tertiary/aromatic N) is 1. The molecule has 0 aliphatic carbocycles.